The third-order valence-electron chi connectivity index (χ3n) is 3.91. The highest BCUT2D eigenvalue weighted by Gasteiger charge is 2.18. The number of rotatable bonds is 3. The van der Waals surface area contributed by atoms with Gasteiger partial charge in [-0.3, -0.25) is 19.7 Å². The summed E-state index contributed by atoms with van der Waals surface area (Å²) in [6, 6.07) is 4.89. The molecule has 0 aliphatic carbocycles. The van der Waals surface area contributed by atoms with E-state index in [1.165, 1.54) is 18.9 Å². The number of likely N-dealkylation sites (tertiary alicyclic amines) is 1. The first-order valence-electron chi connectivity index (χ1n) is 6.96. The Labute approximate surface area is 117 Å². The Bertz CT molecular complexity index is 637. The average molecular weight is 274 g/mol. The highest BCUT2D eigenvalue weighted by Crippen LogP contribution is 2.22. The maximum Gasteiger partial charge on any atom is 0.271 e. The zero-order chi connectivity index (χ0) is 14.1. The van der Waals surface area contributed by atoms with Gasteiger partial charge in [0, 0.05) is 24.1 Å². The van der Waals surface area contributed by atoms with Crippen LogP contribution in [-0.4, -0.2) is 32.7 Å². The minimum atomic E-state index is -0.361. The van der Waals surface area contributed by atoms with Crippen LogP contribution in [0.3, 0.4) is 0 Å². The van der Waals surface area contributed by atoms with Crippen LogP contribution in [0.25, 0.3) is 10.9 Å². The molecule has 0 bridgehead atoms. The van der Waals surface area contributed by atoms with E-state index in [9.17, 15) is 10.1 Å². The average Bonchev–Trinajstić information content (AvgIpc) is 2.81. The fourth-order valence-corrected chi connectivity index (χ4v) is 2.89. The zero-order valence-electron chi connectivity index (χ0n) is 11.5. The molecule has 1 fully saturated rings. The molecular weight excluding hydrogens is 256 g/mol. The van der Waals surface area contributed by atoms with Crippen molar-refractivity contribution < 1.29 is 4.92 Å². The van der Waals surface area contributed by atoms with Crippen molar-refractivity contribution >= 4 is 16.6 Å². The number of aromatic nitrogens is 2. The number of hydrogen-bond donors (Lipinski definition) is 0. The second kappa shape index (κ2) is 5.20. The largest absolute Gasteiger partial charge is 0.284 e. The summed E-state index contributed by atoms with van der Waals surface area (Å²) in [5.74, 6) is 0.708. The predicted octanol–water partition coefficient (Wildman–Crippen LogP) is 2.63. The number of nitro groups is 1. The van der Waals surface area contributed by atoms with Crippen molar-refractivity contribution in [1.82, 2.24) is 14.7 Å². The molecule has 0 N–H and O–H groups in total. The Morgan fingerprint density at radius 1 is 1.50 bits per heavy atom. The molecule has 2 aromatic rings. The van der Waals surface area contributed by atoms with Gasteiger partial charge in [-0.05, 0) is 31.4 Å². The third kappa shape index (κ3) is 2.51. The molecule has 6 nitrogen and oxygen atoms in total. The molecule has 1 unspecified atom stereocenters. The molecule has 1 aromatic heterocycles. The third-order valence-corrected chi connectivity index (χ3v) is 3.91. The Morgan fingerprint density at radius 3 is 3.10 bits per heavy atom. The lowest BCUT2D eigenvalue weighted by Gasteiger charge is -2.30. The Kier molecular flexibility index (Phi) is 3.40. The molecule has 106 valence electrons. The Morgan fingerprint density at radius 2 is 2.35 bits per heavy atom. The van der Waals surface area contributed by atoms with Crippen molar-refractivity contribution in [3.05, 3.63) is 34.5 Å². The summed E-state index contributed by atoms with van der Waals surface area (Å²) in [4.78, 5) is 12.9. The SMILES string of the molecule is CC1CCCN(Cn2ncc3ccc([N+](=O)[O-])cc32)C1. The first kappa shape index (κ1) is 13.1. The minimum Gasteiger partial charge on any atom is -0.284 e. The van der Waals surface area contributed by atoms with E-state index in [2.05, 4.69) is 16.9 Å². The van der Waals surface area contributed by atoms with Gasteiger partial charge in [-0.1, -0.05) is 6.92 Å². The molecular formula is C14H18N4O2. The van der Waals surface area contributed by atoms with Gasteiger partial charge in [0.2, 0.25) is 0 Å². The standard InChI is InChI=1S/C14H18N4O2/c1-11-3-2-6-16(9-11)10-17-14-7-13(18(19)20)5-4-12(14)8-15-17/h4-5,7-8,11H,2-3,6,9-10H2,1H3. The van der Waals surface area contributed by atoms with Crippen molar-refractivity contribution in [3.63, 3.8) is 0 Å². The lowest BCUT2D eigenvalue weighted by molar-refractivity contribution is -0.384. The summed E-state index contributed by atoms with van der Waals surface area (Å²) in [6.45, 7) is 5.10. The van der Waals surface area contributed by atoms with Crippen molar-refractivity contribution in [2.24, 2.45) is 5.92 Å². The van der Waals surface area contributed by atoms with E-state index in [1.54, 1.807) is 18.3 Å². The Balaban J connectivity index is 1.87. The quantitative estimate of drug-likeness (QED) is 0.637. The maximum atomic E-state index is 10.9. The summed E-state index contributed by atoms with van der Waals surface area (Å²) >= 11 is 0. The van der Waals surface area contributed by atoms with Gasteiger partial charge in [0.05, 0.1) is 23.3 Å². The second-order valence-corrected chi connectivity index (χ2v) is 5.61. The molecule has 1 saturated heterocycles. The van der Waals surface area contributed by atoms with Crippen LogP contribution in [0.15, 0.2) is 24.4 Å². The van der Waals surface area contributed by atoms with Crippen LogP contribution in [0, 0.1) is 16.0 Å². The van der Waals surface area contributed by atoms with E-state index in [4.69, 9.17) is 0 Å². The molecule has 0 radical (unpaired) electrons. The van der Waals surface area contributed by atoms with Crippen molar-refractivity contribution in [2.75, 3.05) is 13.1 Å². The molecule has 20 heavy (non-hydrogen) atoms. The van der Waals surface area contributed by atoms with Gasteiger partial charge in [0.15, 0.2) is 0 Å². The van der Waals surface area contributed by atoms with Crippen LogP contribution in [0.2, 0.25) is 0 Å². The summed E-state index contributed by atoms with van der Waals surface area (Å²) in [6.07, 6.45) is 4.26. The van der Waals surface area contributed by atoms with Gasteiger partial charge in [0.25, 0.3) is 5.69 Å². The smallest absolute Gasteiger partial charge is 0.271 e. The van der Waals surface area contributed by atoms with Crippen molar-refractivity contribution in [2.45, 2.75) is 26.4 Å². The molecule has 1 aromatic carbocycles. The molecule has 1 aliphatic heterocycles. The number of hydrogen-bond acceptors (Lipinski definition) is 4. The monoisotopic (exact) mass is 274 g/mol. The van der Waals surface area contributed by atoms with E-state index in [0.717, 1.165) is 24.0 Å². The fraction of sp³-hybridized carbons (Fsp3) is 0.500. The lowest BCUT2D eigenvalue weighted by Crippen LogP contribution is -2.35. The van der Waals surface area contributed by atoms with Gasteiger partial charge >= 0.3 is 0 Å². The van der Waals surface area contributed by atoms with E-state index in [1.807, 2.05) is 4.68 Å². The molecule has 1 atom stereocenters. The number of piperidine rings is 1. The van der Waals surface area contributed by atoms with Gasteiger partial charge in [-0.25, -0.2) is 0 Å². The van der Waals surface area contributed by atoms with Crippen molar-refractivity contribution in [1.29, 1.82) is 0 Å². The minimum absolute atomic E-state index is 0.117. The molecule has 0 saturated carbocycles. The van der Waals surface area contributed by atoms with Crippen LogP contribution in [-0.2, 0) is 6.67 Å². The Hall–Kier alpha value is -1.95. The molecule has 2 heterocycles. The summed E-state index contributed by atoms with van der Waals surface area (Å²) in [7, 11) is 0. The molecule has 3 rings (SSSR count). The topological polar surface area (TPSA) is 64.2 Å². The second-order valence-electron chi connectivity index (χ2n) is 5.61. The normalized spacial score (nSPS) is 20.4. The van der Waals surface area contributed by atoms with E-state index >= 15 is 0 Å². The fourth-order valence-electron chi connectivity index (χ4n) is 2.89. The molecule has 0 spiro atoms. The predicted molar refractivity (Wildman–Crippen MR) is 76.4 cm³/mol. The van der Waals surface area contributed by atoms with Crippen LogP contribution >= 0.6 is 0 Å². The highest BCUT2D eigenvalue weighted by molar-refractivity contribution is 5.80. The van der Waals surface area contributed by atoms with Gasteiger partial charge < -0.3 is 0 Å². The number of benzene rings is 1. The molecule has 0 amide bonds. The zero-order valence-corrected chi connectivity index (χ0v) is 11.5. The van der Waals surface area contributed by atoms with E-state index < -0.39 is 0 Å². The number of nitro benzene ring substituents is 1. The van der Waals surface area contributed by atoms with Crippen LogP contribution in [0.4, 0.5) is 5.69 Å². The number of fused-ring (bicyclic) bond motifs is 1. The highest BCUT2D eigenvalue weighted by atomic mass is 16.6. The maximum absolute atomic E-state index is 10.9. The number of non-ortho nitro benzene ring substituents is 1. The first-order chi connectivity index (χ1) is 9.63. The first-order valence-corrected chi connectivity index (χ1v) is 6.96. The molecule has 6 heteroatoms. The van der Waals surface area contributed by atoms with Crippen LogP contribution in [0.5, 0.6) is 0 Å². The van der Waals surface area contributed by atoms with E-state index in [0.29, 0.717) is 12.6 Å². The van der Waals surface area contributed by atoms with Crippen molar-refractivity contribution in [3.8, 4) is 0 Å². The van der Waals surface area contributed by atoms with E-state index in [-0.39, 0.29) is 10.6 Å². The van der Waals surface area contributed by atoms with Crippen LogP contribution < -0.4 is 0 Å². The van der Waals surface area contributed by atoms with Gasteiger partial charge in [-0.15, -0.1) is 0 Å². The van der Waals surface area contributed by atoms with Gasteiger partial charge in [-0.2, -0.15) is 5.10 Å². The molecule has 1 aliphatic rings. The summed E-state index contributed by atoms with van der Waals surface area (Å²) in [5.41, 5.74) is 0.948. The lowest BCUT2D eigenvalue weighted by atomic mass is 10.0. The van der Waals surface area contributed by atoms with Crippen LogP contribution in [0.1, 0.15) is 19.8 Å². The summed E-state index contributed by atoms with van der Waals surface area (Å²) < 4.78 is 1.86. The van der Waals surface area contributed by atoms with Gasteiger partial charge in [0.1, 0.15) is 0 Å². The number of nitrogens with zero attached hydrogens (tertiary/aromatic N) is 4. The summed E-state index contributed by atoms with van der Waals surface area (Å²) in [5, 5.41) is 16.2.